The second kappa shape index (κ2) is 5.40. The van der Waals surface area contributed by atoms with Crippen LogP contribution in [-0.4, -0.2) is 61.9 Å². The van der Waals surface area contributed by atoms with Gasteiger partial charge in [-0.2, -0.15) is 0 Å². The molecule has 2 unspecified atom stereocenters. The number of β-lactam (4-membered cyclic amide) rings is 1. The molecule has 0 spiro atoms. The lowest BCUT2D eigenvalue weighted by molar-refractivity contribution is -0.161. The van der Waals surface area contributed by atoms with E-state index < -0.39 is 22.8 Å². The molecule has 3 heterocycles. The maximum atomic E-state index is 12.2. The Morgan fingerprint density at radius 1 is 1.43 bits per heavy atom. The van der Waals surface area contributed by atoms with Crippen LogP contribution in [0.2, 0.25) is 0 Å². The number of amides is 3. The quantitative estimate of drug-likeness (QED) is 0.582. The van der Waals surface area contributed by atoms with Crippen molar-refractivity contribution in [1.82, 2.24) is 15.5 Å². The molecule has 3 saturated heterocycles. The van der Waals surface area contributed by atoms with Crippen LogP contribution in [0.3, 0.4) is 0 Å². The number of nitrogens with zero attached hydrogens (tertiary/aromatic N) is 1. The molecule has 3 amide bonds. The van der Waals surface area contributed by atoms with Crippen LogP contribution in [0.1, 0.15) is 33.1 Å². The van der Waals surface area contributed by atoms with Gasteiger partial charge in [0, 0.05) is 23.6 Å². The summed E-state index contributed by atoms with van der Waals surface area (Å²) in [4.78, 5) is 48.2. The monoisotopic (exact) mass is 341 g/mol. The molecule has 0 aromatic heterocycles. The lowest BCUT2D eigenvalue weighted by atomic mass is 9.96. The molecule has 8 nitrogen and oxygen atoms in total. The Morgan fingerprint density at radius 3 is 2.70 bits per heavy atom. The topological polar surface area (TPSA) is 116 Å². The Hall–Kier alpha value is -1.77. The van der Waals surface area contributed by atoms with Gasteiger partial charge in [0.1, 0.15) is 17.5 Å². The largest absolute Gasteiger partial charge is 0.480 e. The minimum absolute atomic E-state index is 0.0638. The number of carbonyl (C=O) groups is 4. The highest BCUT2D eigenvalue weighted by atomic mass is 32.2. The molecule has 3 fully saturated rings. The van der Waals surface area contributed by atoms with Crippen LogP contribution < -0.4 is 10.6 Å². The Balaban J connectivity index is 1.61. The fourth-order valence-corrected chi connectivity index (χ4v) is 5.06. The minimum Gasteiger partial charge on any atom is -0.480 e. The van der Waals surface area contributed by atoms with Crippen LogP contribution >= 0.6 is 11.8 Å². The van der Waals surface area contributed by atoms with Crippen LogP contribution in [0.25, 0.3) is 0 Å². The van der Waals surface area contributed by atoms with E-state index in [4.69, 9.17) is 0 Å². The van der Waals surface area contributed by atoms with Crippen LogP contribution in [0, 0.1) is 0 Å². The van der Waals surface area contributed by atoms with E-state index >= 15 is 0 Å². The van der Waals surface area contributed by atoms with Gasteiger partial charge in [0.05, 0.1) is 0 Å². The summed E-state index contributed by atoms with van der Waals surface area (Å²) in [5.74, 6) is -1.75. The second-order valence-corrected chi connectivity index (χ2v) is 8.42. The Bertz CT molecular complexity index is 593. The molecule has 23 heavy (non-hydrogen) atoms. The van der Waals surface area contributed by atoms with E-state index in [2.05, 4.69) is 10.6 Å². The second-order valence-electron chi connectivity index (χ2n) is 6.65. The average molecular weight is 341 g/mol. The highest BCUT2D eigenvalue weighted by Crippen LogP contribution is 2.50. The number of hydrogen-bond acceptors (Lipinski definition) is 5. The van der Waals surface area contributed by atoms with Crippen molar-refractivity contribution in [2.45, 2.75) is 61.4 Å². The smallest absolute Gasteiger partial charge is 0.327 e. The van der Waals surface area contributed by atoms with Gasteiger partial charge in [-0.1, -0.05) is 0 Å². The number of carboxylic acid groups (broad SMARTS) is 1. The van der Waals surface area contributed by atoms with Gasteiger partial charge in [0.15, 0.2) is 0 Å². The van der Waals surface area contributed by atoms with Gasteiger partial charge in [0.2, 0.25) is 17.7 Å². The van der Waals surface area contributed by atoms with Crippen molar-refractivity contribution < 1.29 is 24.3 Å². The zero-order chi connectivity index (χ0) is 16.9. The molecule has 0 aromatic rings. The van der Waals surface area contributed by atoms with Gasteiger partial charge in [0.25, 0.3) is 0 Å². The number of fused-ring (bicyclic) bond motifs is 1. The molecule has 3 rings (SSSR count). The van der Waals surface area contributed by atoms with Crippen molar-refractivity contribution in [2.24, 2.45) is 0 Å². The van der Waals surface area contributed by atoms with E-state index in [1.165, 1.54) is 16.7 Å². The van der Waals surface area contributed by atoms with Crippen molar-refractivity contribution in [1.29, 1.82) is 0 Å². The van der Waals surface area contributed by atoms with Gasteiger partial charge < -0.3 is 20.6 Å². The average Bonchev–Trinajstić information content (AvgIpc) is 2.95. The highest BCUT2D eigenvalue weighted by Gasteiger charge is 2.64. The van der Waals surface area contributed by atoms with Gasteiger partial charge in [-0.25, -0.2) is 4.79 Å². The van der Waals surface area contributed by atoms with E-state index in [1.807, 2.05) is 0 Å². The number of hydrogen-bond donors (Lipinski definition) is 3. The molecule has 9 heteroatoms. The maximum absolute atomic E-state index is 12.2. The minimum atomic E-state index is -1.03. The molecule has 3 N–H and O–H groups in total. The van der Waals surface area contributed by atoms with Crippen molar-refractivity contribution in [2.75, 3.05) is 0 Å². The Labute approximate surface area is 137 Å². The zero-order valence-corrected chi connectivity index (χ0v) is 13.7. The SMILES string of the molecule is CC1(C)S[C@@H]2C(NC(=O)CC3CCC(=O)N3)C(=O)N2[C@H]1C(=O)O. The first-order valence-corrected chi connectivity index (χ1v) is 8.40. The molecule has 0 radical (unpaired) electrons. The molecular weight excluding hydrogens is 322 g/mol. The lowest BCUT2D eigenvalue weighted by Crippen LogP contribution is -2.70. The number of nitrogens with one attached hydrogen (secondary N) is 2. The van der Waals surface area contributed by atoms with E-state index in [1.54, 1.807) is 13.8 Å². The molecule has 3 aliphatic rings. The van der Waals surface area contributed by atoms with Crippen molar-refractivity contribution >= 4 is 35.5 Å². The third-order valence-electron chi connectivity index (χ3n) is 4.51. The van der Waals surface area contributed by atoms with Crippen LogP contribution in [0.4, 0.5) is 0 Å². The molecule has 4 atom stereocenters. The number of carbonyl (C=O) groups excluding carboxylic acids is 3. The van der Waals surface area contributed by atoms with Gasteiger partial charge in [-0.3, -0.25) is 14.4 Å². The molecule has 126 valence electrons. The first-order valence-electron chi connectivity index (χ1n) is 7.52. The summed E-state index contributed by atoms with van der Waals surface area (Å²) in [7, 11) is 0. The van der Waals surface area contributed by atoms with Gasteiger partial charge in [-0.15, -0.1) is 11.8 Å². The molecule has 0 aromatic carbocycles. The van der Waals surface area contributed by atoms with Crippen molar-refractivity contribution in [3.63, 3.8) is 0 Å². The lowest BCUT2D eigenvalue weighted by Gasteiger charge is -2.43. The molecule has 0 saturated carbocycles. The van der Waals surface area contributed by atoms with Gasteiger partial charge in [-0.05, 0) is 20.3 Å². The predicted molar refractivity (Wildman–Crippen MR) is 81.4 cm³/mol. The first kappa shape index (κ1) is 16.1. The number of rotatable bonds is 4. The molecular formula is C14H19N3O5S. The van der Waals surface area contributed by atoms with E-state index in [0.717, 1.165) is 0 Å². The van der Waals surface area contributed by atoms with Crippen LogP contribution in [-0.2, 0) is 19.2 Å². The summed E-state index contributed by atoms with van der Waals surface area (Å²) in [6, 6.07) is -1.76. The first-order chi connectivity index (χ1) is 10.7. The molecule has 3 aliphatic heterocycles. The number of thioether (sulfide) groups is 1. The van der Waals surface area contributed by atoms with Crippen molar-refractivity contribution in [3.05, 3.63) is 0 Å². The van der Waals surface area contributed by atoms with Gasteiger partial charge >= 0.3 is 5.97 Å². The summed E-state index contributed by atoms with van der Waals surface area (Å²) in [5, 5.41) is 14.4. The molecule has 0 aliphatic carbocycles. The summed E-state index contributed by atoms with van der Waals surface area (Å²) >= 11 is 1.39. The van der Waals surface area contributed by atoms with E-state index in [9.17, 15) is 24.3 Å². The summed E-state index contributed by atoms with van der Waals surface area (Å²) in [6.07, 6.45) is 1.17. The normalized spacial score (nSPS) is 34.6. The van der Waals surface area contributed by atoms with E-state index in [0.29, 0.717) is 12.8 Å². The maximum Gasteiger partial charge on any atom is 0.327 e. The standard InChI is InChI=1S/C14H19N3O5S/c1-14(2)10(13(21)22)17-11(20)9(12(17)23-14)16-8(19)5-6-3-4-7(18)15-6/h6,9-10,12H,3-5H2,1-2H3,(H,15,18)(H,16,19)(H,21,22)/t6?,9?,10-,12+/m0/s1. The van der Waals surface area contributed by atoms with E-state index in [-0.39, 0.29) is 35.6 Å². The zero-order valence-electron chi connectivity index (χ0n) is 12.9. The molecule has 0 bridgehead atoms. The Kier molecular flexibility index (Phi) is 3.78. The van der Waals surface area contributed by atoms with Crippen molar-refractivity contribution in [3.8, 4) is 0 Å². The highest BCUT2D eigenvalue weighted by molar-refractivity contribution is 8.01. The summed E-state index contributed by atoms with van der Waals surface area (Å²) in [5.41, 5.74) is 0. The number of aliphatic carboxylic acids is 1. The van der Waals surface area contributed by atoms with Crippen LogP contribution in [0.15, 0.2) is 0 Å². The third-order valence-corrected chi connectivity index (χ3v) is 6.08. The number of carboxylic acids is 1. The third kappa shape index (κ3) is 2.66. The van der Waals surface area contributed by atoms with Crippen LogP contribution in [0.5, 0.6) is 0 Å². The summed E-state index contributed by atoms with van der Waals surface area (Å²) < 4.78 is -0.606. The summed E-state index contributed by atoms with van der Waals surface area (Å²) in [6.45, 7) is 3.57. The fourth-order valence-electron chi connectivity index (χ4n) is 3.43. The fraction of sp³-hybridized carbons (Fsp3) is 0.714. The predicted octanol–water partition coefficient (Wildman–Crippen LogP) is -0.713. The Morgan fingerprint density at radius 2 is 2.13 bits per heavy atom.